The third-order valence-corrected chi connectivity index (χ3v) is 3.44. The van der Waals surface area contributed by atoms with E-state index in [0.29, 0.717) is 0 Å². The van der Waals surface area contributed by atoms with Crippen LogP contribution in [0.1, 0.15) is 23.7 Å². The van der Waals surface area contributed by atoms with Crippen molar-refractivity contribution in [3.63, 3.8) is 0 Å². The number of aromatic nitrogens is 2. The molecule has 0 saturated heterocycles. The minimum Gasteiger partial charge on any atom is -0.388 e. The highest BCUT2D eigenvalue weighted by Crippen LogP contribution is 2.19. The van der Waals surface area contributed by atoms with Crippen LogP contribution in [-0.4, -0.2) is 14.9 Å². The Balaban J connectivity index is 1.93. The lowest BCUT2D eigenvalue weighted by atomic mass is 10.0. The Morgan fingerprint density at radius 1 is 1.35 bits per heavy atom. The molecular formula is C13H15IN2O. The van der Waals surface area contributed by atoms with Crippen LogP contribution in [-0.2, 0) is 13.5 Å². The first-order chi connectivity index (χ1) is 8.15. The first-order valence-corrected chi connectivity index (χ1v) is 6.64. The predicted molar refractivity (Wildman–Crippen MR) is 75.6 cm³/mol. The highest BCUT2D eigenvalue weighted by atomic mass is 127. The largest absolute Gasteiger partial charge is 0.388 e. The van der Waals surface area contributed by atoms with Gasteiger partial charge in [-0.1, -0.05) is 12.1 Å². The smallest absolute Gasteiger partial charge is 0.0793 e. The number of aryl methyl sites for hydroxylation is 2. The molecule has 17 heavy (non-hydrogen) atoms. The fourth-order valence-electron chi connectivity index (χ4n) is 1.76. The SMILES string of the molecule is Cn1cc(CCC(O)c2ccc(I)cc2)cn1. The number of hydrogen-bond donors (Lipinski definition) is 1. The van der Waals surface area contributed by atoms with E-state index in [9.17, 15) is 5.11 Å². The molecule has 0 radical (unpaired) electrons. The lowest BCUT2D eigenvalue weighted by Crippen LogP contribution is -1.99. The van der Waals surface area contributed by atoms with Gasteiger partial charge < -0.3 is 5.11 Å². The highest BCUT2D eigenvalue weighted by molar-refractivity contribution is 14.1. The van der Waals surface area contributed by atoms with Gasteiger partial charge in [0.15, 0.2) is 0 Å². The molecule has 1 aromatic carbocycles. The summed E-state index contributed by atoms with van der Waals surface area (Å²) < 4.78 is 2.97. The molecule has 0 aliphatic rings. The summed E-state index contributed by atoms with van der Waals surface area (Å²) in [5, 5.41) is 14.2. The second kappa shape index (κ2) is 5.64. The summed E-state index contributed by atoms with van der Waals surface area (Å²) in [6.45, 7) is 0. The molecule has 0 aliphatic heterocycles. The van der Waals surface area contributed by atoms with Gasteiger partial charge in [-0.15, -0.1) is 0 Å². The molecule has 3 nitrogen and oxygen atoms in total. The molecule has 1 aromatic heterocycles. The van der Waals surface area contributed by atoms with Gasteiger partial charge in [0.2, 0.25) is 0 Å². The number of aliphatic hydroxyl groups is 1. The summed E-state index contributed by atoms with van der Waals surface area (Å²) >= 11 is 2.26. The minimum atomic E-state index is -0.396. The van der Waals surface area contributed by atoms with Crippen LogP contribution in [0.15, 0.2) is 36.7 Å². The van der Waals surface area contributed by atoms with E-state index in [-0.39, 0.29) is 0 Å². The van der Waals surface area contributed by atoms with E-state index >= 15 is 0 Å². The summed E-state index contributed by atoms with van der Waals surface area (Å²) in [7, 11) is 1.90. The van der Waals surface area contributed by atoms with Crippen LogP contribution in [0.2, 0.25) is 0 Å². The zero-order valence-electron chi connectivity index (χ0n) is 9.68. The lowest BCUT2D eigenvalue weighted by molar-refractivity contribution is 0.168. The maximum Gasteiger partial charge on any atom is 0.0793 e. The molecule has 2 aromatic rings. The number of aliphatic hydroxyl groups excluding tert-OH is 1. The first kappa shape index (κ1) is 12.6. The van der Waals surface area contributed by atoms with E-state index in [1.165, 1.54) is 3.57 Å². The molecule has 2 rings (SSSR count). The topological polar surface area (TPSA) is 38.0 Å². The molecular weight excluding hydrogens is 327 g/mol. The number of hydrogen-bond acceptors (Lipinski definition) is 2. The van der Waals surface area contributed by atoms with Gasteiger partial charge in [0.25, 0.3) is 0 Å². The predicted octanol–water partition coefficient (Wildman–Crippen LogP) is 2.69. The molecule has 0 amide bonds. The summed E-state index contributed by atoms with van der Waals surface area (Å²) in [6.07, 6.45) is 5.02. The van der Waals surface area contributed by atoms with Crippen molar-refractivity contribution >= 4 is 22.6 Å². The molecule has 0 spiro atoms. The van der Waals surface area contributed by atoms with E-state index in [4.69, 9.17) is 0 Å². The van der Waals surface area contributed by atoms with Gasteiger partial charge in [0, 0.05) is 16.8 Å². The van der Waals surface area contributed by atoms with Crippen molar-refractivity contribution in [1.29, 1.82) is 0 Å². The molecule has 1 atom stereocenters. The molecule has 0 aliphatic carbocycles. The van der Waals surface area contributed by atoms with E-state index in [0.717, 1.165) is 24.0 Å². The molecule has 90 valence electrons. The standard InChI is InChI=1S/C13H15IN2O/c1-16-9-10(8-15-16)2-7-13(17)11-3-5-12(14)6-4-11/h3-6,8-9,13,17H,2,7H2,1H3. The van der Waals surface area contributed by atoms with Crippen molar-refractivity contribution < 1.29 is 5.11 Å². The van der Waals surface area contributed by atoms with Crippen molar-refractivity contribution in [2.75, 3.05) is 0 Å². The number of nitrogens with zero attached hydrogens (tertiary/aromatic N) is 2. The van der Waals surface area contributed by atoms with Gasteiger partial charge >= 0.3 is 0 Å². The lowest BCUT2D eigenvalue weighted by Gasteiger charge is -2.10. The Kier molecular flexibility index (Phi) is 4.17. The summed E-state index contributed by atoms with van der Waals surface area (Å²) in [5.74, 6) is 0. The molecule has 1 N–H and O–H groups in total. The summed E-state index contributed by atoms with van der Waals surface area (Å²) in [6, 6.07) is 8.00. The second-order valence-electron chi connectivity index (χ2n) is 4.13. The Labute approximate surface area is 115 Å². The van der Waals surface area contributed by atoms with Crippen LogP contribution < -0.4 is 0 Å². The van der Waals surface area contributed by atoms with Crippen molar-refractivity contribution in [2.24, 2.45) is 7.05 Å². The first-order valence-electron chi connectivity index (χ1n) is 5.56. The van der Waals surface area contributed by atoms with Crippen LogP contribution in [0.25, 0.3) is 0 Å². The number of halogens is 1. The van der Waals surface area contributed by atoms with Crippen molar-refractivity contribution in [1.82, 2.24) is 9.78 Å². The van der Waals surface area contributed by atoms with Gasteiger partial charge in [-0.25, -0.2) is 0 Å². The van der Waals surface area contributed by atoms with Gasteiger partial charge in [0.05, 0.1) is 12.3 Å². The third-order valence-electron chi connectivity index (χ3n) is 2.72. The Bertz CT molecular complexity index is 478. The zero-order chi connectivity index (χ0) is 12.3. The van der Waals surface area contributed by atoms with Crippen LogP contribution in [0.5, 0.6) is 0 Å². The Morgan fingerprint density at radius 2 is 2.06 bits per heavy atom. The monoisotopic (exact) mass is 342 g/mol. The van der Waals surface area contributed by atoms with E-state index in [1.807, 2.05) is 43.7 Å². The fraction of sp³-hybridized carbons (Fsp3) is 0.308. The summed E-state index contributed by atoms with van der Waals surface area (Å²) in [4.78, 5) is 0. The second-order valence-corrected chi connectivity index (χ2v) is 5.37. The van der Waals surface area contributed by atoms with E-state index in [1.54, 1.807) is 4.68 Å². The zero-order valence-corrected chi connectivity index (χ0v) is 11.8. The number of benzene rings is 1. The minimum absolute atomic E-state index is 0.396. The van der Waals surface area contributed by atoms with Crippen molar-refractivity contribution in [2.45, 2.75) is 18.9 Å². The molecule has 4 heteroatoms. The Hall–Kier alpha value is -0.880. The van der Waals surface area contributed by atoms with Gasteiger partial charge in [-0.05, 0) is 58.7 Å². The maximum atomic E-state index is 10.0. The van der Waals surface area contributed by atoms with Crippen LogP contribution in [0.3, 0.4) is 0 Å². The molecule has 1 heterocycles. The molecule has 1 unspecified atom stereocenters. The van der Waals surface area contributed by atoms with E-state index in [2.05, 4.69) is 27.7 Å². The van der Waals surface area contributed by atoms with E-state index < -0.39 is 6.10 Å². The average Bonchev–Trinajstić information content (AvgIpc) is 2.73. The van der Waals surface area contributed by atoms with Crippen LogP contribution in [0, 0.1) is 3.57 Å². The maximum absolute atomic E-state index is 10.0. The number of rotatable bonds is 4. The fourth-order valence-corrected chi connectivity index (χ4v) is 2.12. The van der Waals surface area contributed by atoms with Gasteiger partial charge in [0.1, 0.15) is 0 Å². The van der Waals surface area contributed by atoms with Crippen LogP contribution >= 0.6 is 22.6 Å². The molecule has 0 saturated carbocycles. The normalized spacial score (nSPS) is 12.6. The molecule has 0 fully saturated rings. The van der Waals surface area contributed by atoms with Gasteiger partial charge in [-0.2, -0.15) is 5.10 Å². The Morgan fingerprint density at radius 3 is 2.65 bits per heavy atom. The van der Waals surface area contributed by atoms with Crippen LogP contribution in [0.4, 0.5) is 0 Å². The molecule has 0 bridgehead atoms. The highest BCUT2D eigenvalue weighted by Gasteiger charge is 2.08. The average molecular weight is 342 g/mol. The quantitative estimate of drug-likeness (QED) is 0.868. The van der Waals surface area contributed by atoms with Gasteiger partial charge in [-0.3, -0.25) is 4.68 Å². The summed E-state index contributed by atoms with van der Waals surface area (Å²) in [5.41, 5.74) is 2.14. The third kappa shape index (κ3) is 3.54. The van der Waals surface area contributed by atoms with Crippen molar-refractivity contribution in [3.8, 4) is 0 Å². The van der Waals surface area contributed by atoms with Crippen molar-refractivity contribution in [3.05, 3.63) is 51.4 Å².